The molecule has 6 heteroatoms. The molecule has 130 valence electrons. The normalized spacial score (nSPS) is 11.9. The Kier molecular flexibility index (Phi) is 6.71. The molecular formula is C19H21N3O3. The van der Waals surface area contributed by atoms with Gasteiger partial charge in [0.15, 0.2) is 12.7 Å². The van der Waals surface area contributed by atoms with Crippen molar-refractivity contribution in [3.8, 4) is 0 Å². The van der Waals surface area contributed by atoms with Gasteiger partial charge in [-0.1, -0.05) is 37.3 Å². The highest BCUT2D eigenvalue weighted by atomic mass is 16.3. The van der Waals surface area contributed by atoms with Crippen LogP contribution in [0.4, 0.5) is 0 Å². The largest absolute Gasteiger partial charge is 0.448 e. The molecule has 2 rings (SSSR count). The van der Waals surface area contributed by atoms with Crippen molar-refractivity contribution in [3.05, 3.63) is 65.1 Å². The van der Waals surface area contributed by atoms with Crippen LogP contribution in [0.3, 0.4) is 0 Å². The monoisotopic (exact) mass is 339 g/mol. The predicted molar refractivity (Wildman–Crippen MR) is 96.2 cm³/mol. The smallest absolute Gasteiger partial charge is 0.271 e. The summed E-state index contributed by atoms with van der Waals surface area (Å²) in [6.45, 7) is 2.03. The van der Waals surface area contributed by atoms with Crippen LogP contribution < -0.4 is 10.6 Å². The van der Waals surface area contributed by atoms with Crippen molar-refractivity contribution < 1.29 is 14.0 Å². The van der Waals surface area contributed by atoms with Crippen molar-refractivity contribution in [3.63, 3.8) is 0 Å². The number of oxazole rings is 1. The van der Waals surface area contributed by atoms with E-state index in [0.29, 0.717) is 12.0 Å². The Morgan fingerprint density at radius 2 is 2.00 bits per heavy atom. The fourth-order valence-electron chi connectivity index (χ4n) is 2.23. The third-order valence-electron chi connectivity index (χ3n) is 3.45. The Morgan fingerprint density at radius 1 is 1.24 bits per heavy atom. The molecule has 25 heavy (non-hydrogen) atoms. The van der Waals surface area contributed by atoms with Gasteiger partial charge < -0.3 is 15.1 Å². The molecule has 1 aromatic heterocycles. The summed E-state index contributed by atoms with van der Waals surface area (Å²) in [4.78, 5) is 27.8. The van der Waals surface area contributed by atoms with Gasteiger partial charge in [-0.05, 0) is 24.1 Å². The Bertz CT molecular complexity index is 776. The molecule has 0 aliphatic heterocycles. The standard InChI is InChI=1S/C19H21N3O3/c1-3-7-18-16(21-13-25-18)11-17(20-2)19(24)22-15(12-23)10-14-8-5-4-6-9-14/h4-6,8-13,20H,3,7H2,1-2H3,(H,22,24)/b15-10+,17-11-. The average molecular weight is 339 g/mol. The van der Waals surface area contributed by atoms with Crippen LogP contribution in [-0.2, 0) is 16.0 Å². The number of nitrogens with zero attached hydrogens (tertiary/aromatic N) is 1. The molecule has 2 N–H and O–H groups in total. The van der Waals surface area contributed by atoms with E-state index in [1.807, 2.05) is 37.3 Å². The molecule has 0 atom stereocenters. The lowest BCUT2D eigenvalue weighted by Crippen LogP contribution is -2.30. The summed E-state index contributed by atoms with van der Waals surface area (Å²) in [5.74, 6) is 0.292. The summed E-state index contributed by atoms with van der Waals surface area (Å²) >= 11 is 0. The summed E-state index contributed by atoms with van der Waals surface area (Å²) < 4.78 is 5.33. The number of carbonyl (C=O) groups excluding carboxylic acids is 2. The Labute approximate surface area is 146 Å². The molecular weight excluding hydrogens is 318 g/mol. The van der Waals surface area contributed by atoms with Crippen LogP contribution in [0, 0.1) is 0 Å². The van der Waals surface area contributed by atoms with E-state index < -0.39 is 5.91 Å². The van der Waals surface area contributed by atoms with Gasteiger partial charge in [-0.15, -0.1) is 0 Å². The number of amides is 1. The summed E-state index contributed by atoms with van der Waals surface area (Å²) in [5, 5.41) is 5.42. The quantitative estimate of drug-likeness (QED) is 0.570. The maximum absolute atomic E-state index is 12.4. The number of allylic oxidation sites excluding steroid dienone is 1. The highest BCUT2D eigenvalue weighted by molar-refractivity contribution is 6.01. The summed E-state index contributed by atoms with van der Waals surface area (Å²) in [6, 6.07) is 9.28. The molecule has 0 aliphatic carbocycles. The van der Waals surface area contributed by atoms with Gasteiger partial charge in [-0.2, -0.15) is 0 Å². The van der Waals surface area contributed by atoms with E-state index in [9.17, 15) is 9.59 Å². The van der Waals surface area contributed by atoms with E-state index >= 15 is 0 Å². The first-order chi connectivity index (χ1) is 12.2. The minimum atomic E-state index is -0.428. The van der Waals surface area contributed by atoms with Gasteiger partial charge in [0.2, 0.25) is 0 Å². The lowest BCUT2D eigenvalue weighted by atomic mass is 10.2. The zero-order chi connectivity index (χ0) is 18.1. The summed E-state index contributed by atoms with van der Waals surface area (Å²) in [5.41, 5.74) is 1.88. The maximum Gasteiger partial charge on any atom is 0.271 e. The Balaban J connectivity index is 2.18. The van der Waals surface area contributed by atoms with Crippen LogP contribution in [0.1, 0.15) is 30.4 Å². The molecule has 0 fully saturated rings. The van der Waals surface area contributed by atoms with E-state index in [-0.39, 0.29) is 11.4 Å². The van der Waals surface area contributed by atoms with E-state index in [0.717, 1.165) is 24.2 Å². The number of likely N-dealkylation sites (N-methyl/N-ethyl adjacent to an activating group) is 1. The van der Waals surface area contributed by atoms with Crippen LogP contribution in [0.5, 0.6) is 0 Å². The first-order valence-electron chi connectivity index (χ1n) is 8.03. The van der Waals surface area contributed by atoms with E-state index in [2.05, 4.69) is 15.6 Å². The lowest BCUT2D eigenvalue weighted by molar-refractivity contribution is -0.118. The SMILES string of the molecule is CCCc1ocnc1/C=C(\NC)C(=O)N/C(C=O)=C/c1ccccc1. The molecule has 1 amide bonds. The van der Waals surface area contributed by atoms with Crippen molar-refractivity contribution >= 4 is 24.3 Å². The number of nitrogens with one attached hydrogen (secondary N) is 2. The summed E-state index contributed by atoms with van der Waals surface area (Å²) in [7, 11) is 1.63. The number of hydrogen-bond donors (Lipinski definition) is 2. The highest BCUT2D eigenvalue weighted by Gasteiger charge is 2.13. The minimum Gasteiger partial charge on any atom is -0.448 e. The van der Waals surface area contributed by atoms with Gasteiger partial charge in [-0.3, -0.25) is 9.59 Å². The Hall–Kier alpha value is -3.15. The van der Waals surface area contributed by atoms with Crippen molar-refractivity contribution in [2.45, 2.75) is 19.8 Å². The van der Waals surface area contributed by atoms with Gasteiger partial charge >= 0.3 is 0 Å². The molecule has 1 heterocycles. The maximum atomic E-state index is 12.4. The van der Waals surface area contributed by atoms with Crippen LogP contribution >= 0.6 is 0 Å². The van der Waals surface area contributed by atoms with Crippen molar-refractivity contribution in [1.29, 1.82) is 0 Å². The van der Waals surface area contributed by atoms with Gasteiger partial charge in [-0.25, -0.2) is 4.98 Å². The molecule has 6 nitrogen and oxygen atoms in total. The van der Waals surface area contributed by atoms with Crippen molar-refractivity contribution in [2.24, 2.45) is 0 Å². The molecule has 0 unspecified atom stereocenters. The van der Waals surface area contributed by atoms with Gasteiger partial charge in [0.1, 0.15) is 17.2 Å². The van der Waals surface area contributed by atoms with E-state index in [4.69, 9.17) is 4.42 Å². The number of aromatic nitrogens is 1. The first-order valence-corrected chi connectivity index (χ1v) is 8.03. The molecule has 0 spiro atoms. The lowest BCUT2D eigenvalue weighted by Gasteiger charge is -2.08. The molecule has 0 saturated carbocycles. The second kappa shape index (κ2) is 9.22. The minimum absolute atomic E-state index is 0.172. The molecule has 0 bridgehead atoms. The molecule has 0 saturated heterocycles. The second-order valence-electron chi connectivity index (χ2n) is 5.30. The van der Waals surface area contributed by atoms with Gasteiger partial charge in [0, 0.05) is 13.5 Å². The number of aldehydes is 1. The van der Waals surface area contributed by atoms with E-state index in [1.54, 1.807) is 19.2 Å². The van der Waals surface area contributed by atoms with Gasteiger partial charge in [0.25, 0.3) is 5.91 Å². The fraction of sp³-hybridized carbons (Fsp3) is 0.211. The number of aryl methyl sites for hydroxylation is 1. The molecule has 0 aliphatic rings. The van der Waals surface area contributed by atoms with Crippen LogP contribution in [0.25, 0.3) is 12.2 Å². The molecule has 0 radical (unpaired) electrons. The number of benzene rings is 1. The fourth-order valence-corrected chi connectivity index (χ4v) is 2.23. The molecule has 2 aromatic rings. The van der Waals surface area contributed by atoms with Crippen molar-refractivity contribution in [1.82, 2.24) is 15.6 Å². The number of rotatable bonds is 8. The average Bonchev–Trinajstić information content (AvgIpc) is 3.07. The van der Waals surface area contributed by atoms with Crippen LogP contribution in [0.2, 0.25) is 0 Å². The molecule has 1 aromatic carbocycles. The third-order valence-corrected chi connectivity index (χ3v) is 3.45. The first kappa shape index (κ1) is 18.2. The zero-order valence-electron chi connectivity index (χ0n) is 14.3. The van der Waals surface area contributed by atoms with Crippen LogP contribution in [-0.4, -0.2) is 24.2 Å². The second-order valence-corrected chi connectivity index (χ2v) is 5.30. The Morgan fingerprint density at radius 3 is 2.64 bits per heavy atom. The summed E-state index contributed by atoms with van der Waals surface area (Å²) in [6.07, 6.45) is 6.82. The van der Waals surface area contributed by atoms with E-state index in [1.165, 1.54) is 6.39 Å². The number of hydrogen-bond acceptors (Lipinski definition) is 5. The van der Waals surface area contributed by atoms with Crippen molar-refractivity contribution in [2.75, 3.05) is 7.05 Å². The highest BCUT2D eigenvalue weighted by Crippen LogP contribution is 2.13. The number of carbonyl (C=O) groups is 2. The van der Waals surface area contributed by atoms with Gasteiger partial charge in [0.05, 0.1) is 5.70 Å². The zero-order valence-corrected chi connectivity index (χ0v) is 14.3. The predicted octanol–water partition coefficient (Wildman–Crippen LogP) is 2.54. The van der Waals surface area contributed by atoms with Crippen LogP contribution in [0.15, 0.2) is 52.5 Å². The third kappa shape index (κ3) is 5.17. The topological polar surface area (TPSA) is 84.2 Å².